The van der Waals surface area contributed by atoms with Crippen LogP contribution >= 0.6 is 24.0 Å². The molecule has 1 aliphatic heterocycles. The summed E-state index contributed by atoms with van der Waals surface area (Å²) in [6.07, 6.45) is 2.62. The first-order valence-corrected chi connectivity index (χ1v) is 12.1. The van der Waals surface area contributed by atoms with Crippen LogP contribution in [0.4, 0.5) is 0 Å². The molecule has 34 heavy (non-hydrogen) atoms. The second-order valence-corrected chi connectivity index (χ2v) is 9.23. The molecular formula is C27H25NO4S2. The zero-order valence-electron chi connectivity index (χ0n) is 18.8. The van der Waals surface area contributed by atoms with E-state index < -0.39 is 0 Å². The average Bonchev–Trinajstić information content (AvgIpc) is 3.13. The van der Waals surface area contributed by atoms with Crippen molar-refractivity contribution in [3.05, 3.63) is 94.9 Å². The van der Waals surface area contributed by atoms with Crippen molar-refractivity contribution in [1.29, 1.82) is 0 Å². The van der Waals surface area contributed by atoms with Crippen LogP contribution in [0.15, 0.2) is 83.8 Å². The summed E-state index contributed by atoms with van der Waals surface area (Å²) in [4.78, 5) is 15.1. The lowest BCUT2D eigenvalue weighted by atomic mass is 10.2. The van der Waals surface area contributed by atoms with E-state index in [-0.39, 0.29) is 5.91 Å². The predicted molar refractivity (Wildman–Crippen MR) is 140 cm³/mol. The van der Waals surface area contributed by atoms with Gasteiger partial charge in [-0.1, -0.05) is 72.5 Å². The van der Waals surface area contributed by atoms with Gasteiger partial charge in [-0.25, -0.2) is 0 Å². The van der Waals surface area contributed by atoms with Gasteiger partial charge < -0.3 is 14.2 Å². The van der Waals surface area contributed by atoms with Gasteiger partial charge in [-0.15, -0.1) is 0 Å². The minimum absolute atomic E-state index is 0.0600. The molecule has 1 aliphatic rings. The highest BCUT2D eigenvalue weighted by Gasteiger charge is 2.31. The van der Waals surface area contributed by atoms with Crippen LogP contribution in [0.5, 0.6) is 17.2 Å². The van der Waals surface area contributed by atoms with E-state index in [0.29, 0.717) is 29.0 Å². The number of carbonyl (C=O) groups excluding carboxylic acids is 1. The molecule has 0 radical (unpaired) electrons. The largest absolute Gasteiger partial charge is 0.497 e. The minimum atomic E-state index is -0.0600. The Kier molecular flexibility index (Phi) is 8.22. The highest BCUT2D eigenvalue weighted by Crippen LogP contribution is 2.33. The average molecular weight is 492 g/mol. The Morgan fingerprint density at radius 1 is 0.882 bits per heavy atom. The van der Waals surface area contributed by atoms with E-state index in [0.717, 1.165) is 34.8 Å². The molecule has 1 amide bonds. The number of nitrogens with zero attached hydrogens (tertiary/aromatic N) is 1. The lowest BCUT2D eigenvalue weighted by Crippen LogP contribution is -2.27. The third-order valence-electron chi connectivity index (χ3n) is 5.10. The van der Waals surface area contributed by atoms with Gasteiger partial charge in [0, 0.05) is 12.5 Å². The van der Waals surface area contributed by atoms with Gasteiger partial charge in [0.2, 0.25) is 0 Å². The molecule has 0 N–H and O–H groups in total. The molecule has 0 bridgehead atoms. The third kappa shape index (κ3) is 6.40. The van der Waals surface area contributed by atoms with E-state index in [1.807, 2.05) is 84.9 Å². The predicted octanol–water partition coefficient (Wildman–Crippen LogP) is 5.94. The third-order valence-corrected chi connectivity index (χ3v) is 6.48. The monoisotopic (exact) mass is 491 g/mol. The molecule has 3 aromatic rings. The van der Waals surface area contributed by atoms with Gasteiger partial charge in [0.15, 0.2) is 0 Å². The van der Waals surface area contributed by atoms with E-state index in [4.69, 9.17) is 26.4 Å². The van der Waals surface area contributed by atoms with Crippen LogP contribution in [-0.4, -0.2) is 35.5 Å². The molecular weight excluding hydrogens is 466 g/mol. The molecule has 174 valence electrons. The Hall–Kier alpha value is -3.29. The normalized spacial score (nSPS) is 14.5. The lowest BCUT2D eigenvalue weighted by Gasteiger charge is -2.14. The van der Waals surface area contributed by atoms with Crippen molar-refractivity contribution in [2.45, 2.75) is 13.0 Å². The van der Waals surface area contributed by atoms with Crippen molar-refractivity contribution >= 4 is 40.3 Å². The van der Waals surface area contributed by atoms with Crippen LogP contribution in [0.3, 0.4) is 0 Å². The molecule has 1 fully saturated rings. The molecule has 0 aliphatic carbocycles. The summed E-state index contributed by atoms with van der Waals surface area (Å²) in [7, 11) is 1.63. The molecule has 1 saturated heterocycles. The van der Waals surface area contributed by atoms with Crippen molar-refractivity contribution in [3.63, 3.8) is 0 Å². The Labute approximate surface area is 209 Å². The minimum Gasteiger partial charge on any atom is -0.497 e. The number of ether oxygens (including phenoxy) is 3. The van der Waals surface area contributed by atoms with Gasteiger partial charge in [-0.2, -0.15) is 0 Å². The van der Waals surface area contributed by atoms with Crippen LogP contribution in [0.1, 0.15) is 17.5 Å². The summed E-state index contributed by atoms with van der Waals surface area (Å²) in [6.45, 7) is 1.58. The van der Waals surface area contributed by atoms with E-state index in [1.54, 1.807) is 12.0 Å². The molecule has 0 unspecified atom stereocenters. The molecule has 0 saturated carbocycles. The van der Waals surface area contributed by atoms with E-state index in [1.165, 1.54) is 11.8 Å². The number of thiocarbonyl (C=S) groups is 1. The number of hydrogen-bond acceptors (Lipinski definition) is 6. The zero-order chi connectivity index (χ0) is 23.8. The SMILES string of the molecule is COc1cccc(OCCCOc2ccc(C=C3SC(=S)N(Cc4ccccc4)C3=O)cc2)c1. The van der Waals surface area contributed by atoms with Gasteiger partial charge in [0.25, 0.3) is 5.91 Å². The maximum absolute atomic E-state index is 12.8. The molecule has 0 aromatic heterocycles. The van der Waals surface area contributed by atoms with E-state index in [2.05, 4.69) is 0 Å². The topological polar surface area (TPSA) is 48.0 Å². The van der Waals surface area contributed by atoms with E-state index in [9.17, 15) is 4.79 Å². The fourth-order valence-corrected chi connectivity index (χ4v) is 4.60. The number of benzene rings is 3. The van der Waals surface area contributed by atoms with Gasteiger partial charge in [-0.05, 0) is 41.5 Å². The lowest BCUT2D eigenvalue weighted by molar-refractivity contribution is -0.122. The molecule has 4 rings (SSSR count). The highest BCUT2D eigenvalue weighted by atomic mass is 32.2. The quantitative estimate of drug-likeness (QED) is 0.199. The second-order valence-electron chi connectivity index (χ2n) is 7.55. The van der Waals surface area contributed by atoms with E-state index >= 15 is 0 Å². The fraction of sp³-hybridized carbons (Fsp3) is 0.185. The van der Waals surface area contributed by atoms with Crippen molar-refractivity contribution in [3.8, 4) is 17.2 Å². The Morgan fingerprint density at radius 2 is 1.59 bits per heavy atom. The summed E-state index contributed by atoms with van der Waals surface area (Å²) in [5.74, 6) is 2.26. The Balaban J connectivity index is 1.25. The van der Waals surface area contributed by atoms with Crippen molar-refractivity contribution < 1.29 is 19.0 Å². The molecule has 3 aromatic carbocycles. The van der Waals surface area contributed by atoms with Gasteiger partial charge >= 0.3 is 0 Å². The standard InChI is InChI=1S/C27H25NO4S2/c1-30-23-9-5-10-24(18-23)32-16-6-15-31-22-13-11-20(12-14-22)17-25-26(29)28(27(33)34-25)19-21-7-3-2-4-8-21/h2-5,7-14,17-18H,6,15-16,19H2,1H3. The smallest absolute Gasteiger partial charge is 0.266 e. The number of methoxy groups -OCH3 is 1. The van der Waals surface area contributed by atoms with Crippen LogP contribution < -0.4 is 14.2 Å². The number of thioether (sulfide) groups is 1. The first kappa shape index (κ1) is 23.9. The maximum atomic E-state index is 12.8. The summed E-state index contributed by atoms with van der Waals surface area (Å²) in [5, 5.41) is 0. The number of amides is 1. The maximum Gasteiger partial charge on any atom is 0.266 e. The van der Waals surface area contributed by atoms with Crippen LogP contribution in [0.2, 0.25) is 0 Å². The summed E-state index contributed by atoms with van der Waals surface area (Å²) >= 11 is 6.77. The zero-order valence-corrected chi connectivity index (χ0v) is 20.4. The Morgan fingerprint density at radius 3 is 2.32 bits per heavy atom. The van der Waals surface area contributed by atoms with Crippen molar-refractivity contribution in [2.24, 2.45) is 0 Å². The molecule has 1 heterocycles. The summed E-state index contributed by atoms with van der Waals surface area (Å²) in [6, 6.07) is 25.1. The molecule has 5 nitrogen and oxygen atoms in total. The van der Waals surface area contributed by atoms with Crippen LogP contribution in [-0.2, 0) is 11.3 Å². The molecule has 0 atom stereocenters. The van der Waals surface area contributed by atoms with Crippen molar-refractivity contribution in [2.75, 3.05) is 20.3 Å². The number of hydrogen-bond donors (Lipinski definition) is 0. The molecule has 0 spiro atoms. The van der Waals surface area contributed by atoms with Gasteiger partial charge in [-0.3, -0.25) is 9.69 Å². The first-order chi connectivity index (χ1) is 16.6. The van der Waals surface area contributed by atoms with Gasteiger partial charge in [0.05, 0.1) is 31.8 Å². The Bertz CT molecular complexity index is 1160. The fourth-order valence-electron chi connectivity index (χ4n) is 3.34. The van der Waals surface area contributed by atoms with Gasteiger partial charge in [0.1, 0.15) is 21.6 Å². The summed E-state index contributed by atoms with van der Waals surface area (Å²) < 4.78 is 17.3. The molecule has 7 heteroatoms. The van der Waals surface area contributed by atoms with Crippen LogP contribution in [0, 0.1) is 0 Å². The van der Waals surface area contributed by atoms with Crippen molar-refractivity contribution in [1.82, 2.24) is 4.90 Å². The number of carbonyl (C=O) groups is 1. The first-order valence-electron chi connectivity index (χ1n) is 10.9. The number of rotatable bonds is 10. The van der Waals surface area contributed by atoms with Crippen LogP contribution in [0.25, 0.3) is 6.08 Å². The highest BCUT2D eigenvalue weighted by molar-refractivity contribution is 8.26. The summed E-state index contributed by atoms with van der Waals surface area (Å²) in [5.41, 5.74) is 1.98. The second kappa shape index (κ2) is 11.7.